The summed E-state index contributed by atoms with van der Waals surface area (Å²) in [4.78, 5) is 22.3. The SMILES string of the molecule is [N-]=[N+]=NCc1ccccc1[C@@H]1OC(c2ccc(OCCCO)cc2)=N[C@]1(Cc1ccccc1Br)C(=O)NNCc1cc(F)cc(C(F)(F)F)c1. The summed E-state index contributed by atoms with van der Waals surface area (Å²) < 4.78 is 67.0. The largest absolute Gasteiger partial charge is 0.494 e. The number of alkyl halides is 3. The lowest BCUT2D eigenvalue weighted by Gasteiger charge is -2.32. The first-order chi connectivity index (χ1) is 24.0. The van der Waals surface area contributed by atoms with Gasteiger partial charge in [0.05, 0.1) is 18.7 Å². The van der Waals surface area contributed by atoms with E-state index in [2.05, 4.69) is 36.8 Å². The van der Waals surface area contributed by atoms with Crippen LogP contribution < -0.4 is 15.6 Å². The Bertz CT molecular complexity index is 1900. The number of azide groups is 1. The topological polar surface area (TPSA) is 141 Å². The number of hydrazine groups is 1. The zero-order chi connectivity index (χ0) is 35.7. The number of amides is 1. The molecule has 0 fully saturated rings. The summed E-state index contributed by atoms with van der Waals surface area (Å²) in [5.74, 6) is -1.10. The molecule has 0 saturated heterocycles. The van der Waals surface area contributed by atoms with Crippen molar-refractivity contribution in [1.29, 1.82) is 0 Å². The first-order valence-electron chi connectivity index (χ1n) is 15.4. The Morgan fingerprint density at radius 3 is 2.48 bits per heavy atom. The van der Waals surface area contributed by atoms with E-state index in [1.807, 2.05) is 18.2 Å². The van der Waals surface area contributed by atoms with Crippen molar-refractivity contribution >= 4 is 27.7 Å². The van der Waals surface area contributed by atoms with Gasteiger partial charge in [0, 0.05) is 40.9 Å². The van der Waals surface area contributed by atoms with Gasteiger partial charge in [-0.05, 0) is 76.3 Å². The van der Waals surface area contributed by atoms with Crippen molar-refractivity contribution in [3.63, 3.8) is 0 Å². The maximum atomic E-state index is 14.5. The van der Waals surface area contributed by atoms with Crippen LogP contribution in [0.25, 0.3) is 10.4 Å². The van der Waals surface area contributed by atoms with E-state index in [4.69, 9.17) is 25.1 Å². The third-order valence-electron chi connectivity index (χ3n) is 7.87. The van der Waals surface area contributed by atoms with Crippen LogP contribution in [0.15, 0.2) is 106 Å². The lowest BCUT2D eigenvalue weighted by atomic mass is 9.80. The van der Waals surface area contributed by atoms with Crippen LogP contribution in [0, 0.1) is 5.82 Å². The van der Waals surface area contributed by atoms with Gasteiger partial charge in [0.25, 0.3) is 5.91 Å². The van der Waals surface area contributed by atoms with Gasteiger partial charge in [-0.2, -0.15) is 13.2 Å². The monoisotopic (exact) mass is 754 g/mol. The number of aliphatic hydroxyl groups is 1. The van der Waals surface area contributed by atoms with Crippen molar-refractivity contribution in [3.05, 3.63) is 145 Å². The number of nitrogens with one attached hydrogen (secondary N) is 2. The molecule has 1 heterocycles. The maximum Gasteiger partial charge on any atom is 0.416 e. The number of benzene rings is 4. The van der Waals surface area contributed by atoms with E-state index in [0.717, 1.165) is 12.1 Å². The molecule has 4 aromatic rings. The average Bonchev–Trinajstić information content (AvgIpc) is 3.48. The lowest BCUT2D eigenvalue weighted by molar-refractivity contribution is -0.138. The van der Waals surface area contributed by atoms with Crippen molar-refractivity contribution in [2.75, 3.05) is 13.2 Å². The molecule has 2 atom stereocenters. The summed E-state index contributed by atoms with van der Waals surface area (Å²) in [5.41, 5.74) is 13.7. The van der Waals surface area contributed by atoms with Crippen LogP contribution in [0.2, 0.25) is 0 Å². The van der Waals surface area contributed by atoms with Crippen LogP contribution in [0.1, 0.15) is 45.9 Å². The molecule has 1 aliphatic heterocycles. The van der Waals surface area contributed by atoms with Gasteiger partial charge in [-0.25, -0.2) is 14.8 Å². The molecule has 50 heavy (non-hydrogen) atoms. The van der Waals surface area contributed by atoms with Crippen molar-refractivity contribution in [2.24, 2.45) is 10.1 Å². The van der Waals surface area contributed by atoms with Gasteiger partial charge < -0.3 is 14.6 Å². The summed E-state index contributed by atoms with van der Waals surface area (Å²) in [6.07, 6.45) is -5.40. The minimum absolute atomic E-state index is 0.00744. The molecule has 0 saturated carbocycles. The van der Waals surface area contributed by atoms with Gasteiger partial charge in [0.2, 0.25) is 5.90 Å². The number of hydrogen-bond acceptors (Lipinski definition) is 7. The predicted molar refractivity (Wildman–Crippen MR) is 180 cm³/mol. The molecule has 0 spiro atoms. The van der Waals surface area contributed by atoms with Crippen LogP contribution in [0.3, 0.4) is 0 Å². The minimum Gasteiger partial charge on any atom is -0.494 e. The Labute approximate surface area is 292 Å². The van der Waals surface area contributed by atoms with E-state index in [0.29, 0.717) is 51.6 Å². The van der Waals surface area contributed by atoms with Gasteiger partial charge in [0.15, 0.2) is 11.6 Å². The fraction of sp³-hybridized carbons (Fsp3) is 0.257. The Morgan fingerprint density at radius 2 is 1.78 bits per heavy atom. The highest BCUT2D eigenvalue weighted by Gasteiger charge is 2.54. The second-order valence-electron chi connectivity index (χ2n) is 11.3. The van der Waals surface area contributed by atoms with Crippen molar-refractivity contribution in [3.8, 4) is 5.75 Å². The number of carbonyl (C=O) groups is 1. The lowest BCUT2D eigenvalue weighted by Crippen LogP contribution is -2.53. The molecule has 0 bridgehead atoms. The third-order valence-corrected chi connectivity index (χ3v) is 8.64. The van der Waals surface area contributed by atoms with Crippen LogP contribution in [0.4, 0.5) is 17.6 Å². The highest BCUT2D eigenvalue weighted by Crippen LogP contribution is 2.44. The molecule has 0 radical (unpaired) electrons. The first kappa shape index (κ1) is 36.3. The molecule has 260 valence electrons. The molecule has 15 heteroatoms. The third kappa shape index (κ3) is 8.61. The van der Waals surface area contributed by atoms with E-state index in [9.17, 15) is 22.4 Å². The van der Waals surface area contributed by atoms with Crippen molar-refractivity contribution in [2.45, 2.75) is 43.8 Å². The molecular weight excluding hydrogens is 724 g/mol. The number of rotatable bonds is 14. The molecule has 0 aliphatic carbocycles. The highest BCUT2D eigenvalue weighted by atomic mass is 79.9. The summed E-state index contributed by atoms with van der Waals surface area (Å²) in [5, 5.41) is 12.8. The fourth-order valence-electron chi connectivity index (χ4n) is 5.48. The van der Waals surface area contributed by atoms with Crippen molar-refractivity contribution < 1.29 is 36.9 Å². The number of carbonyl (C=O) groups excluding carboxylic acids is 1. The number of hydrogen-bond donors (Lipinski definition) is 3. The van der Waals surface area contributed by atoms with Gasteiger partial charge in [0.1, 0.15) is 11.6 Å². The Kier molecular flexibility index (Phi) is 11.8. The van der Waals surface area contributed by atoms with E-state index in [1.54, 1.807) is 54.6 Å². The van der Waals surface area contributed by atoms with Gasteiger partial charge in [-0.1, -0.05) is 63.5 Å². The average molecular weight is 756 g/mol. The quantitative estimate of drug-likeness (QED) is 0.0306. The number of ether oxygens (including phenoxy) is 2. The normalized spacial score (nSPS) is 17.0. The molecule has 0 aromatic heterocycles. The summed E-state index contributed by atoms with van der Waals surface area (Å²) in [6.45, 7) is -0.0931. The zero-order valence-corrected chi connectivity index (χ0v) is 27.9. The van der Waals surface area contributed by atoms with E-state index in [-0.39, 0.29) is 37.6 Å². The number of aliphatic imine (C=N–C) groups is 1. The van der Waals surface area contributed by atoms with Gasteiger partial charge in [-0.15, -0.1) is 0 Å². The van der Waals surface area contributed by atoms with E-state index >= 15 is 0 Å². The van der Waals surface area contributed by atoms with Gasteiger partial charge in [-0.3, -0.25) is 10.2 Å². The van der Waals surface area contributed by atoms with Crippen LogP contribution in [-0.4, -0.2) is 35.7 Å². The highest BCUT2D eigenvalue weighted by molar-refractivity contribution is 9.10. The summed E-state index contributed by atoms with van der Waals surface area (Å²) in [6, 6.07) is 23.2. The van der Waals surface area contributed by atoms with E-state index in [1.165, 1.54) is 0 Å². The van der Waals surface area contributed by atoms with Crippen LogP contribution in [0.5, 0.6) is 5.75 Å². The van der Waals surface area contributed by atoms with E-state index < -0.39 is 35.1 Å². The molecule has 4 aromatic carbocycles. The maximum absolute atomic E-state index is 14.5. The molecule has 0 unspecified atom stereocenters. The fourth-order valence-corrected chi connectivity index (χ4v) is 5.91. The zero-order valence-electron chi connectivity index (χ0n) is 26.3. The number of nitrogens with zero attached hydrogens (tertiary/aromatic N) is 4. The Morgan fingerprint density at radius 1 is 1.06 bits per heavy atom. The minimum atomic E-state index is -4.76. The van der Waals surface area contributed by atoms with Crippen LogP contribution in [-0.2, 0) is 35.2 Å². The molecule has 10 nitrogen and oxygen atoms in total. The van der Waals surface area contributed by atoms with Crippen LogP contribution >= 0.6 is 15.9 Å². The van der Waals surface area contributed by atoms with Gasteiger partial charge >= 0.3 is 6.18 Å². The first-order valence-corrected chi connectivity index (χ1v) is 16.2. The standard InChI is InChI=1S/C35H31BrF4N6O4/c36-30-9-4-2-6-24(30)19-34(33(48)45-42-20-22-16-26(35(38,39)40)18-27(37)17-22)31(29-8-3-1-7-25(29)21-43-46-41)50-32(44-34)23-10-12-28(13-11-23)49-15-5-14-47/h1-4,6-13,16-18,31,42,47H,5,14-15,19-21H2,(H,45,48)/t31-,34-/m0/s1. The molecule has 3 N–H and O–H groups in total. The molecule has 1 aliphatic rings. The second-order valence-corrected chi connectivity index (χ2v) is 12.2. The Balaban J connectivity index is 1.56. The number of aliphatic hydroxyl groups excluding tert-OH is 1. The predicted octanol–water partition coefficient (Wildman–Crippen LogP) is 7.50. The summed E-state index contributed by atoms with van der Waals surface area (Å²) >= 11 is 3.56. The number of halogens is 5. The smallest absolute Gasteiger partial charge is 0.416 e. The Hall–Kier alpha value is -4.95. The second kappa shape index (κ2) is 16.2. The summed E-state index contributed by atoms with van der Waals surface area (Å²) in [7, 11) is 0. The molecule has 5 rings (SSSR count). The molecular formula is C35H31BrF4N6O4. The molecule has 1 amide bonds. The van der Waals surface area contributed by atoms with Crippen molar-refractivity contribution in [1.82, 2.24) is 10.9 Å².